The van der Waals surface area contributed by atoms with E-state index < -0.39 is 10.0 Å². The average molecular weight is 275 g/mol. The second kappa shape index (κ2) is 5.47. The highest BCUT2D eigenvalue weighted by Gasteiger charge is 2.23. The van der Waals surface area contributed by atoms with Gasteiger partial charge < -0.3 is 5.11 Å². The van der Waals surface area contributed by atoms with Crippen LogP contribution in [0.25, 0.3) is 0 Å². The molecule has 1 N–H and O–H groups in total. The monoisotopic (exact) mass is 274 g/mol. The average Bonchev–Trinajstić information content (AvgIpc) is 2.29. The van der Waals surface area contributed by atoms with Crippen molar-refractivity contribution < 1.29 is 13.5 Å². The van der Waals surface area contributed by atoms with Crippen molar-refractivity contribution in [3.05, 3.63) is 28.8 Å². The largest absolute Gasteiger partial charge is 0.395 e. The molecule has 0 saturated carbocycles. The van der Waals surface area contributed by atoms with E-state index >= 15 is 0 Å². The molecule has 1 rings (SSSR count). The van der Waals surface area contributed by atoms with Gasteiger partial charge in [0.2, 0.25) is 10.0 Å². The Bertz CT molecular complexity index is 551. The van der Waals surface area contributed by atoms with Crippen molar-refractivity contribution in [3.63, 3.8) is 0 Å². The van der Waals surface area contributed by atoms with Gasteiger partial charge >= 0.3 is 0 Å². The second-order valence-corrected chi connectivity index (χ2v) is 5.75. The van der Waals surface area contributed by atoms with Crippen LogP contribution in [0.15, 0.2) is 23.1 Å². The normalized spacial score (nSPS) is 11.5. The molecular weight excluding hydrogens is 264 g/mol. The Kier molecular flexibility index (Phi) is 4.48. The first kappa shape index (κ1) is 13.9. The third kappa shape index (κ3) is 2.96. The molecule has 0 amide bonds. The van der Waals surface area contributed by atoms with Crippen molar-refractivity contribution in [3.8, 4) is 6.07 Å². The van der Waals surface area contributed by atoms with Crippen LogP contribution in [0.1, 0.15) is 5.56 Å². The molecular formula is C10H11ClN2O3S. The number of sulfonamides is 1. The molecule has 0 heterocycles. The molecule has 0 atom stereocenters. The van der Waals surface area contributed by atoms with E-state index in [-0.39, 0.29) is 28.6 Å². The minimum absolute atomic E-state index is 0.0270. The van der Waals surface area contributed by atoms with E-state index in [9.17, 15) is 8.42 Å². The fourth-order valence-electron chi connectivity index (χ4n) is 1.23. The number of halogens is 1. The molecule has 92 valence electrons. The summed E-state index contributed by atoms with van der Waals surface area (Å²) in [5.74, 6) is 0. The SMILES string of the molecule is CN(CCO)S(=O)(=O)c1cc(Cl)ccc1C#N. The molecule has 0 aliphatic rings. The first-order valence-corrected chi connectivity index (χ1v) is 6.52. The molecule has 0 saturated heterocycles. The topological polar surface area (TPSA) is 81.4 Å². The third-order valence-electron chi connectivity index (χ3n) is 2.17. The number of nitrogens with zero attached hydrogens (tertiary/aromatic N) is 2. The molecule has 0 spiro atoms. The van der Waals surface area contributed by atoms with Gasteiger partial charge in [-0.15, -0.1) is 0 Å². The maximum Gasteiger partial charge on any atom is 0.244 e. The Morgan fingerprint density at radius 1 is 1.53 bits per heavy atom. The molecule has 0 bridgehead atoms. The quantitative estimate of drug-likeness (QED) is 0.881. The molecule has 0 aliphatic carbocycles. The van der Waals surface area contributed by atoms with E-state index in [1.54, 1.807) is 6.07 Å². The summed E-state index contributed by atoms with van der Waals surface area (Å²) in [6.45, 7) is -0.335. The smallest absolute Gasteiger partial charge is 0.244 e. The van der Waals surface area contributed by atoms with Gasteiger partial charge in [-0.05, 0) is 18.2 Å². The minimum Gasteiger partial charge on any atom is -0.395 e. The standard InChI is InChI=1S/C10H11ClN2O3S/c1-13(4-5-14)17(15,16)10-6-9(11)3-2-8(10)7-12/h2-3,6,14H,4-5H2,1H3. The van der Waals surface area contributed by atoms with Crippen LogP contribution in [0, 0.1) is 11.3 Å². The summed E-state index contributed by atoms with van der Waals surface area (Å²) in [4.78, 5) is -0.150. The van der Waals surface area contributed by atoms with Gasteiger partial charge in [-0.25, -0.2) is 8.42 Å². The van der Waals surface area contributed by atoms with Crippen LogP contribution in [-0.4, -0.2) is 38.0 Å². The molecule has 0 unspecified atom stereocenters. The Morgan fingerprint density at radius 3 is 2.71 bits per heavy atom. The van der Waals surface area contributed by atoms with Crippen LogP contribution in [0.4, 0.5) is 0 Å². The van der Waals surface area contributed by atoms with Gasteiger partial charge in [0.15, 0.2) is 0 Å². The van der Waals surface area contributed by atoms with Crippen LogP contribution in [0.3, 0.4) is 0 Å². The summed E-state index contributed by atoms with van der Waals surface area (Å²) in [6, 6.07) is 5.82. The second-order valence-electron chi connectivity index (χ2n) is 3.30. The van der Waals surface area contributed by atoms with Gasteiger partial charge in [-0.1, -0.05) is 11.6 Å². The zero-order valence-electron chi connectivity index (χ0n) is 9.09. The summed E-state index contributed by atoms with van der Waals surface area (Å²) in [5.41, 5.74) is 0.0270. The molecule has 1 aromatic rings. The lowest BCUT2D eigenvalue weighted by Crippen LogP contribution is -2.30. The van der Waals surface area contributed by atoms with Crippen molar-refractivity contribution in [2.24, 2.45) is 0 Å². The van der Waals surface area contributed by atoms with Crippen LogP contribution in [0.2, 0.25) is 5.02 Å². The highest BCUT2D eigenvalue weighted by Crippen LogP contribution is 2.22. The lowest BCUT2D eigenvalue weighted by atomic mass is 10.2. The van der Waals surface area contributed by atoms with Crippen LogP contribution < -0.4 is 0 Å². The van der Waals surface area contributed by atoms with Gasteiger partial charge in [-0.3, -0.25) is 0 Å². The first-order chi connectivity index (χ1) is 7.93. The Hall–Kier alpha value is -1.13. The van der Waals surface area contributed by atoms with Gasteiger partial charge in [-0.2, -0.15) is 9.57 Å². The van der Waals surface area contributed by atoms with Gasteiger partial charge in [0, 0.05) is 18.6 Å². The number of aliphatic hydroxyl groups excluding tert-OH is 1. The molecule has 0 aliphatic heterocycles. The van der Waals surface area contributed by atoms with Crippen molar-refractivity contribution in [1.82, 2.24) is 4.31 Å². The molecule has 17 heavy (non-hydrogen) atoms. The molecule has 1 aromatic carbocycles. The van der Waals surface area contributed by atoms with E-state index in [1.165, 1.54) is 25.2 Å². The van der Waals surface area contributed by atoms with E-state index in [4.69, 9.17) is 22.0 Å². The Balaban J connectivity index is 3.33. The first-order valence-electron chi connectivity index (χ1n) is 4.70. The number of likely N-dealkylation sites (N-methyl/N-ethyl adjacent to an activating group) is 1. The van der Waals surface area contributed by atoms with Crippen molar-refractivity contribution in [2.45, 2.75) is 4.90 Å². The minimum atomic E-state index is -3.80. The van der Waals surface area contributed by atoms with E-state index in [0.717, 1.165) is 4.31 Å². The molecule has 0 aromatic heterocycles. The zero-order valence-corrected chi connectivity index (χ0v) is 10.7. The Morgan fingerprint density at radius 2 is 2.18 bits per heavy atom. The summed E-state index contributed by atoms with van der Waals surface area (Å²) in [7, 11) is -2.47. The molecule has 0 fully saturated rings. The predicted molar refractivity (Wildman–Crippen MR) is 63.1 cm³/mol. The number of nitriles is 1. The van der Waals surface area contributed by atoms with Crippen molar-refractivity contribution in [1.29, 1.82) is 5.26 Å². The molecule has 7 heteroatoms. The fraction of sp³-hybridized carbons (Fsp3) is 0.300. The number of hydrogen-bond acceptors (Lipinski definition) is 4. The number of hydrogen-bond donors (Lipinski definition) is 1. The van der Waals surface area contributed by atoms with Gasteiger partial charge in [0.05, 0.1) is 12.2 Å². The van der Waals surface area contributed by atoms with Crippen LogP contribution in [-0.2, 0) is 10.0 Å². The molecule has 5 nitrogen and oxygen atoms in total. The van der Waals surface area contributed by atoms with Crippen LogP contribution in [0.5, 0.6) is 0 Å². The Labute approximate surface area is 105 Å². The summed E-state index contributed by atoms with van der Waals surface area (Å²) >= 11 is 5.72. The van der Waals surface area contributed by atoms with E-state index in [2.05, 4.69) is 0 Å². The predicted octanol–water partition coefficient (Wildman–Crippen LogP) is 0.824. The lowest BCUT2D eigenvalue weighted by molar-refractivity contribution is 0.266. The lowest BCUT2D eigenvalue weighted by Gasteiger charge is -2.16. The van der Waals surface area contributed by atoms with E-state index in [1.807, 2.05) is 0 Å². The van der Waals surface area contributed by atoms with E-state index in [0.29, 0.717) is 0 Å². The maximum atomic E-state index is 12.1. The highest BCUT2D eigenvalue weighted by atomic mass is 35.5. The number of benzene rings is 1. The third-order valence-corrected chi connectivity index (χ3v) is 4.30. The van der Waals surface area contributed by atoms with Crippen molar-refractivity contribution >= 4 is 21.6 Å². The zero-order chi connectivity index (χ0) is 13.1. The maximum absolute atomic E-state index is 12.1. The number of rotatable bonds is 4. The summed E-state index contributed by atoms with van der Waals surface area (Å²) in [6.07, 6.45) is 0. The van der Waals surface area contributed by atoms with Crippen LogP contribution >= 0.6 is 11.6 Å². The summed E-state index contributed by atoms with van der Waals surface area (Å²) < 4.78 is 25.1. The van der Waals surface area contributed by atoms with Gasteiger partial charge in [0.1, 0.15) is 11.0 Å². The van der Waals surface area contributed by atoms with Crippen molar-refractivity contribution in [2.75, 3.05) is 20.2 Å². The number of aliphatic hydroxyl groups is 1. The van der Waals surface area contributed by atoms with Gasteiger partial charge in [0.25, 0.3) is 0 Å². The molecule has 0 radical (unpaired) electrons. The fourth-order valence-corrected chi connectivity index (χ4v) is 2.79. The summed E-state index contributed by atoms with van der Waals surface area (Å²) in [5, 5.41) is 17.8. The highest BCUT2D eigenvalue weighted by molar-refractivity contribution is 7.89.